The lowest BCUT2D eigenvalue weighted by Crippen LogP contribution is -2.65. The third-order valence-electron chi connectivity index (χ3n) is 5.10. The van der Waals surface area contributed by atoms with Crippen LogP contribution in [0.15, 0.2) is 48.0 Å². The van der Waals surface area contributed by atoms with E-state index in [4.69, 9.17) is 0 Å². The number of carbonyl (C=O) groups is 2. The third kappa shape index (κ3) is 3.75. The molecule has 0 aromatic carbocycles. The van der Waals surface area contributed by atoms with Crippen LogP contribution in [-0.2, 0) is 17.9 Å². The van der Waals surface area contributed by atoms with Gasteiger partial charge in [0.2, 0.25) is 5.91 Å². The van der Waals surface area contributed by atoms with Crippen LogP contribution in [-0.4, -0.2) is 42.6 Å². The molecule has 0 aliphatic carbocycles. The first-order valence-corrected chi connectivity index (χ1v) is 10.7. The third-order valence-corrected chi connectivity index (χ3v) is 5.99. The zero-order valence-corrected chi connectivity index (χ0v) is 18.4. The maximum atomic E-state index is 13.6. The van der Waals surface area contributed by atoms with Crippen molar-refractivity contribution in [1.29, 1.82) is 0 Å². The number of rotatable bonds is 4. The van der Waals surface area contributed by atoms with Gasteiger partial charge < -0.3 is 10.2 Å². The summed E-state index contributed by atoms with van der Waals surface area (Å²) in [5.74, 6) is -0.438. The molecule has 7 nitrogen and oxygen atoms in total. The molecule has 8 heteroatoms. The number of hydrogen-bond donors (Lipinski definition) is 1. The number of thiophene rings is 1. The smallest absolute Gasteiger partial charge is 0.273 e. The molecule has 4 heterocycles. The highest BCUT2D eigenvalue weighted by molar-refractivity contribution is 7.13. The Morgan fingerprint density at radius 3 is 2.70 bits per heavy atom. The summed E-state index contributed by atoms with van der Waals surface area (Å²) in [7, 11) is 0. The fourth-order valence-electron chi connectivity index (χ4n) is 3.56. The van der Waals surface area contributed by atoms with Gasteiger partial charge >= 0.3 is 0 Å². The summed E-state index contributed by atoms with van der Waals surface area (Å²) in [5, 5.41) is 9.66. The second-order valence-electron chi connectivity index (χ2n) is 8.74. The number of aromatic nitrogens is 3. The van der Waals surface area contributed by atoms with Crippen LogP contribution >= 0.6 is 11.3 Å². The van der Waals surface area contributed by atoms with Gasteiger partial charge in [0.25, 0.3) is 5.91 Å². The van der Waals surface area contributed by atoms with E-state index in [0.29, 0.717) is 5.69 Å². The fourth-order valence-corrected chi connectivity index (χ4v) is 4.24. The molecular weight excluding hydrogens is 398 g/mol. The first-order valence-electron chi connectivity index (χ1n) is 9.84. The summed E-state index contributed by atoms with van der Waals surface area (Å²) >= 11 is 1.57. The van der Waals surface area contributed by atoms with E-state index in [2.05, 4.69) is 15.4 Å². The van der Waals surface area contributed by atoms with E-state index in [0.717, 1.165) is 16.3 Å². The van der Waals surface area contributed by atoms with Gasteiger partial charge in [-0.1, -0.05) is 12.1 Å². The normalized spacial score (nSPS) is 18.9. The highest BCUT2D eigenvalue weighted by Gasteiger charge is 2.48. The van der Waals surface area contributed by atoms with Gasteiger partial charge in [-0.3, -0.25) is 19.3 Å². The van der Waals surface area contributed by atoms with E-state index in [1.54, 1.807) is 40.1 Å². The van der Waals surface area contributed by atoms with Crippen LogP contribution in [0.2, 0.25) is 0 Å². The zero-order valence-electron chi connectivity index (χ0n) is 17.5. The molecular formula is C22H25N5O2S. The number of amides is 2. The molecule has 0 saturated carbocycles. The Morgan fingerprint density at radius 2 is 2.07 bits per heavy atom. The van der Waals surface area contributed by atoms with Crippen molar-refractivity contribution in [3.05, 3.63) is 59.4 Å². The Labute approximate surface area is 179 Å². The molecule has 30 heavy (non-hydrogen) atoms. The summed E-state index contributed by atoms with van der Waals surface area (Å²) < 4.78 is 1.66. The molecule has 0 saturated heterocycles. The highest BCUT2D eigenvalue weighted by atomic mass is 32.1. The van der Waals surface area contributed by atoms with Crippen molar-refractivity contribution < 1.29 is 9.59 Å². The monoisotopic (exact) mass is 423 g/mol. The maximum Gasteiger partial charge on any atom is 0.273 e. The highest BCUT2D eigenvalue weighted by Crippen LogP contribution is 2.32. The van der Waals surface area contributed by atoms with Crippen LogP contribution in [0.1, 0.15) is 43.9 Å². The molecule has 1 unspecified atom stereocenters. The molecule has 2 amide bonds. The molecule has 1 aliphatic heterocycles. The predicted octanol–water partition coefficient (Wildman–Crippen LogP) is 3.34. The van der Waals surface area contributed by atoms with Crippen molar-refractivity contribution in [3.8, 4) is 10.6 Å². The van der Waals surface area contributed by atoms with Crippen LogP contribution in [0, 0.1) is 0 Å². The molecule has 0 radical (unpaired) electrons. The lowest BCUT2D eigenvalue weighted by Gasteiger charge is -2.44. The Hall–Kier alpha value is -3.00. The molecule has 0 spiro atoms. The van der Waals surface area contributed by atoms with E-state index in [-0.39, 0.29) is 24.9 Å². The van der Waals surface area contributed by atoms with Crippen LogP contribution in [0.3, 0.4) is 0 Å². The average Bonchev–Trinajstić information content (AvgIpc) is 3.34. The van der Waals surface area contributed by atoms with E-state index in [9.17, 15) is 9.59 Å². The van der Waals surface area contributed by atoms with Crippen molar-refractivity contribution in [3.63, 3.8) is 0 Å². The molecule has 4 rings (SSSR count). The number of nitrogens with one attached hydrogen (secondary N) is 1. The second kappa shape index (κ2) is 7.36. The Bertz CT molecular complexity index is 1070. The Balaban J connectivity index is 1.76. The van der Waals surface area contributed by atoms with Gasteiger partial charge in [-0.2, -0.15) is 5.10 Å². The topological polar surface area (TPSA) is 80.1 Å². The summed E-state index contributed by atoms with van der Waals surface area (Å²) in [4.78, 5) is 33.9. The molecule has 1 atom stereocenters. The summed E-state index contributed by atoms with van der Waals surface area (Å²) in [6.45, 7) is 8.09. The van der Waals surface area contributed by atoms with E-state index in [1.807, 2.05) is 56.5 Å². The predicted molar refractivity (Wildman–Crippen MR) is 116 cm³/mol. The van der Waals surface area contributed by atoms with Gasteiger partial charge in [0.15, 0.2) is 0 Å². The van der Waals surface area contributed by atoms with Crippen LogP contribution in [0.25, 0.3) is 10.6 Å². The number of pyridine rings is 1. The minimum absolute atomic E-state index is 0.210. The second-order valence-corrected chi connectivity index (χ2v) is 9.69. The SMILES string of the molecule is CC(C)(C)NC(=O)C1(C)Cn2nc(-c3cccs3)cc2C(=O)N1Cc1ccccn1. The molecule has 0 fully saturated rings. The first-order chi connectivity index (χ1) is 14.2. The molecule has 1 aliphatic rings. The van der Waals surface area contributed by atoms with Crippen LogP contribution < -0.4 is 5.32 Å². The summed E-state index contributed by atoms with van der Waals surface area (Å²) in [5.41, 5.74) is 0.425. The van der Waals surface area contributed by atoms with E-state index < -0.39 is 11.1 Å². The summed E-state index contributed by atoms with van der Waals surface area (Å²) in [6.07, 6.45) is 1.69. The number of fused-ring (bicyclic) bond motifs is 1. The quantitative estimate of drug-likeness (QED) is 0.698. The fraction of sp³-hybridized carbons (Fsp3) is 0.364. The van der Waals surface area contributed by atoms with Gasteiger partial charge in [-0.05, 0) is 57.3 Å². The van der Waals surface area contributed by atoms with E-state index in [1.165, 1.54) is 0 Å². The number of nitrogens with zero attached hydrogens (tertiary/aromatic N) is 4. The molecule has 3 aromatic heterocycles. The van der Waals surface area contributed by atoms with Crippen molar-refractivity contribution >= 4 is 23.2 Å². The molecule has 0 bridgehead atoms. The van der Waals surface area contributed by atoms with Crippen molar-refractivity contribution in [2.24, 2.45) is 0 Å². The lowest BCUT2D eigenvalue weighted by atomic mass is 9.93. The first kappa shape index (κ1) is 20.3. The molecule has 3 aromatic rings. The number of carbonyl (C=O) groups excluding carboxylic acids is 2. The van der Waals surface area contributed by atoms with Crippen molar-refractivity contribution in [2.75, 3.05) is 0 Å². The van der Waals surface area contributed by atoms with Gasteiger partial charge in [-0.15, -0.1) is 11.3 Å². The maximum absolute atomic E-state index is 13.6. The van der Waals surface area contributed by atoms with Gasteiger partial charge in [0.05, 0.1) is 23.7 Å². The van der Waals surface area contributed by atoms with Crippen molar-refractivity contribution in [2.45, 2.75) is 51.9 Å². The minimum atomic E-state index is -1.10. The standard InChI is InChI=1S/C22H25N5O2S/c1-21(2,3)24-20(29)22(4)14-27-17(12-16(25-27)18-9-7-11-30-18)19(28)26(22)13-15-8-5-6-10-23-15/h5-12H,13-14H2,1-4H3,(H,24,29). The minimum Gasteiger partial charge on any atom is -0.349 e. The van der Waals surface area contributed by atoms with E-state index >= 15 is 0 Å². The lowest BCUT2D eigenvalue weighted by molar-refractivity contribution is -0.135. The number of hydrogen-bond acceptors (Lipinski definition) is 5. The zero-order chi connectivity index (χ0) is 21.5. The van der Waals surface area contributed by atoms with Crippen molar-refractivity contribution in [1.82, 2.24) is 25.0 Å². The molecule has 1 N–H and O–H groups in total. The van der Waals surface area contributed by atoms with Crippen LogP contribution in [0.4, 0.5) is 0 Å². The Morgan fingerprint density at radius 1 is 1.27 bits per heavy atom. The Kier molecular flexibility index (Phi) is 4.97. The molecule has 156 valence electrons. The summed E-state index contributed by atoms with van der Waals surface area (Å²) in [6, 6.07) is 11.3. The van der Waals surface area contributed by atoms with Gasteiger partial charge in [-0.25, -0.2) is 0 Å². The average molecular weight is 424 g/mol. The van der Waals surface area contributed by atoms with Gasteiger partial charge in [0, 0.05) is 11.7 Å². The largest absolute Gasteiger partial charge is 0.349 e. The van der Waals surface area contributed by atoms with Crippen LogP contribution in [0.5, 0.6) is 0 Å². The van der Waals surface area contributed by atoms with Gasteiger partial charge in [0.1, 0.15) is 16.9 Å².